The van der Waals surface area contributed by atoms with Crippen molar-refractivity contribution in [3.05, 3.63) is 66.0 Å². The molecule has 0 aliphatic carbocycles. The molecule has 7 heteroatoms. The number of fused-ring (bicyclic) bond motifs is 1. The number of carbonyl (C=O) groups excluding carboxylic acids is 1. The van der Waals surface area contributed by atoms with Crippen LogP contribution in [0.2, 0.25) is 0 Å². The largest absolute Gasteiger partial charge is 0.492 e. The molecule has 2 aromatic carbocycles. The maximum Gasteiger partial charge on any atom is 0.416 e. The van der Waals surface area contributed by atoms with E-state index in [2.05, 4.69) is 10.3 Å². The summed E-state index contributed by atoms with van der Waals surface area (Å²) in [5, 5.41) is 3.91. The second-order valence-electron chi connectivity index (χ2n) is 5.48. The molecule has 26 heavy (non-hydrogen) atoms. The second kappa shape index (κ2) is 7.03. The molecule has 0 aliphatic heterocycles. The number of aromatic nitrogens is 1. The third-order valence-corrected chi connectivity index (χ3v) is 3.74. The quantitative estimate of drug-likeness (QED) is 0.720. The highest BCUT2D eigenvalue weighted by atomic mass is 19.4. The van der Waals surface area contributed by atoms with Crippen molar-refractivity contribution in [2.45, 2.75) is 13.1 Å². The van der Waals surface area contributed by atoms with E-state index in [0.29, 0.717) is 5.39 Å². The average Bonchev–Trinajstić information content (AvgIpc) is 2.62. The summed E-state index contributed by atoms with van der Waals surface area (Å²) in [7, 11) is 0. The van der Waals surface area contributed by atoms with Gasteiger partial charge in [0.05, 0.1) is 17.9 Å². The van der Waals surface area contributed by atoms with Crippen LogP contribution in [-0.4, -0.2) is 17.5 Å². The summed E-state index contributed by atoms with van der Waals surface area (Å²) in [6.45, 7) is 1.95. The van der Waals surface area contributed by atoms with Crippen LogP contribution in [-0.2, 0) is 6.18 Å². The van der Waals surface area contributed by atoms with Crippen molar-refractivity contribution in [2.75, 3.05) is 11.9 Å². The number of nitrogens with zero attached hydrogens (tertiary/aromatic N) is 1. The molecule has 1 aromatic heterocycles. The molecule has 0 saturated heterocycles. The first-order valence-corrected chi connectivity index (χ1v) is 7.89. The minimum absolute atomic E-state index is 0.0543. The molecule has 3 rings (SSSR count). The fourth-order valence-corrected chi connectivity index (χ4v) is 2.57. The van der Waals surface area contributed by atoms with E-state index in [1.165, 1.54) is 12.3 Å². The molecule has 4 nitrogen and oxygen atoms in total. The van der Waals surface area contributed by atoms with Gasteiger partial charge in [-0.3, -0.25) is 9.78 Å². The first kappa shape index (κ1) is 17.7. The van der Waals surface area contributed by atoms with Crippen molar-refractivity contribution in [1.29, 1.82) is 0 Å². The van der Waals surface area contributed by atoms with Gasteiger partial charge in [-0.15, -0.1) is 0 Å². The number of carbonyl (C=O) groups is 1. The first-order valence-electron chi connectivity index (χ1n) is 7.89. The normalized spacial score (nSPS) is 11.4. The van der Waals surface area contributed by atoms with E-state index in [9.17, 15) is 18.0 Å². The van der Waals surface area contributed by atoms with Crippen LogP contribution in [0.3, 0.4) is 0 Å². The summed E-state index contributed by atoms with van der Waals surface area (Å²) in [5.41, 5.74) is -0.800. The summed E-state index contributed by atoms with van der Waals surface area (Å²) < 4.78 is 44.3. The number of amides is 1. The van der Waals surface area contributed by atoms with E-state index >= 15 is 0 Å². The van der Waals surface area contributed by atoms with Gasteiger partial charge in [-0.25, -0.2) is 0 Å². The molecule has 0 bridgehead atoms. The molecule has 134 valence electrons. The standard InChI is InChI=1S/C19H15F3N2O2/c1-2-26-16-8-7-13(19(20,21)22)11-15(16)24-18(25)17-14-6-4-3-5-12(14)9-10-23-17/h3-11H,2H2,1H3,(H,24,25). The molecule has 3 aromatic rings. The van der Waals surface area contributed by atoms with E-state index < -0.39 is 17.6 Å². The van der Waals surface area contributed by atoms with Crippen molar-refractivity contribution in [3.63, 3.8) is 0 Å². The zero-order valence-corrected chi connectivity index (χ0v) is 13.8. The maximum atomic E-state index is 13.0. The zero-order valence-electron chi connectivity index (χ0n) is 13.8. The molecule has 0 unspecified atom stereocenters. The summed E-state index contributed by atoms with van der Waals surface area (Å²) in [4.78, 5) is 16.7. The van der Waals surface area contributed by atoms with E-state index in [0.717, 1.165) is 17.5 Å². The second-order valence-corrected chi connectivity index (χ2v) is 5.48. The molecule has 0 saturated carbocycles. The number of anilines is 1. The van der Waals surface area contributed by atoms with Crippen molar-refractivity contribution in [3.8, 4) is 5.75 Å². The highest BCUT2D eigenvalue weighted by Gasteiger charge is 2.31. The number of ether oxygens (including phenoxy) is 1. The molecule has 0 aliphatic rings. The Bertz CT molecular complexity index is 950. The van der Waals surface area contributed by atoms with Crippen LogP contribution in [0.1, 0.15) is 23.0 Å². The lowest BCUT2D eigenvalue weighted by molar-refractivity contribution is -0.137. The van der Waals surface area contributed by atoms with Gasteiger partial charge in [-0.1, -0.05) is 24.3 Å². The Hall–Kier alpha value is -3.09. The Kier molecular flexibility index (Phi) is 4.79. The zero-order chi connectivity index (χ0) is 18.7. The van der Waals surface area contributed by atoms with Crippen LogP contribution in [0.4, 0.5) is 18.9 Å². The Labute approximate surface area is 147 Å². The lowest BCUT2D eigenvalue weighted by Crippen LogP contribution is -2.16. The van der Waals surface area contributed by atoms with E-state index in [4.69, 9.17) is 4.74 Å². The van der Waals surface area contributed by atoms with Crippen LogP contribution in [0.5, 0.6) is 5.75 Å². The number of nitrogens with one attached hydrogen (secondary N) is 1. The van der Waals surface area contributed by atoms with Gasteiger partial charge in [0.15, 0.2) is 0 Å². The number of hydrogen-bond acceptors (Lipinski definition) is 3. The topological polar surface area (TPSA) is 51.2 Å². The van der Waals surface area contributed by atoms with Crippen molar-refractivity contribution in [2.24, 2.45) is 0 Å². The fourth-order valence-electron chi connectivity index (χ4n) is 2.57. The predicted octanol–water partition coefficient (Wildman–Crippen LogP) is 4.90. The Morgan fingerprint density at radius 3 is 2.65 bits per heavy atom. The smallest absolute Gasteiger partial charge is 0.416 e. The summed E-state index contributed by atoms with van der Waals surface area (Å²) in [6.07, 6.45) is -3.05. The molecule has 1 heterocycles. The fraction of sp³-hybridized carbons (Fsp3) is 0.158. The van der Waals surface area contributed by atoms with Gasteiger partial charge in [0.25, 0.3) is 5.91 Å². The predicted molar refractivity (Wildman–Crippen MR) is 92.3 cm³/mol. The molecule has 0 fully saturated rings. The Morgan fingerprint density at radius 2 is 1.92 bits per heavy atom. The van der Waals surface area contributed by atoms with E-state index in [-0.39, 0.29) is 23.7 Å². The van der Waals surface area contributed by atoms with Gasteiger partial charge >= 0.3 is 6.18 Å². The first-order chi connectivity index (χ1) is 12.4. The SMILES string of the molecule is CCOc1ccc(C(F)(F)F)cc1NC(=O)c1nccc2ccccc12. The summed E-state index contributed by atoms with van der Waals surface area (Å²) >= 11 is 0. The van der Waals surface area contributed by atoms with Crippen LogP contribution in [0.15, 0.2) is 54.7 Å². The average molecular weight is 360 g/mol. The van der Waals surface area contributed by atoms with Crippen molar-refractivity contribution in [1.82, 2.24) is 4.98 Å². The van der Waals surface area contributed by atoms with Gasteiger partial charge in [-0.2, -0.15) is 13.2 Å². The molecular weight excluding hydrogens is 345 g/mol. The molecule has 0 spiro atoms. The molecule has 0 radical (unpaired) electrons. The number of pyridine rings is 1. The van der Waals surface area contributed by atoms with E-state index in [1.807, 2.05) is 12.1 Å². The molecule has 0 atom stereocenters. The maximum absolute atomic E-state index is 13.0. The number of benzene rings is 2. The third-order valence-electron chi connectivity index (χ3n) is 3.74. The summed E-state index contributed by atoms with van der Waals surface area (Å²) in [5.74, 6) is -0.448. The number of halogens is 3. The monoisotopic (exact) mass is 360 g/mol. The van der Waals surface area contributed by atoms with Gasteiger partial charge in [0, 0.05) is 11.6 Å². The van der Waals surface area contributed by atoms with Gasteiger partial charge < -0.3 is 10.1 Å². The number of rotatable bonds is 4. The van der Waals surface area contributed by atoms with Crippen LogP contribution in [0.25, 0.3) is 10.8 Å². The number of alkyl halides is 3. The molecular formula is C19H15F3N2O2. The lowest BCUT2D eigenvalue weighted by atomic mass is 10.1. The minimum Gasteiger partial charge on any atom is -0.492 e. The third kappa shape index (κ3) is 3.61. The Balaban J connectivity index is 2.00. The van der Waals surface area contributed by atoms with Crippen LogP contribution >= 0.6 is 0 Å². The minimum atomic E-state index is -4.53. The van der Waals surface area contributed by atoms with Crippen molar-refractivity contribution >= 4 is 22.4 Å². The Morgan fingerprint density at radius 1 is 1.15 bits per heavy atom. The van der Waals surface area contributed by atoms with Crippen LogP contribution in [0, 0.1) is 0 Å². The van der Waals surface area contributed by atoms with E-state index in [1.54, 1.807) is 25.1 Å². The summed E-state index contributed by atoms with van der Waals surface area (Å²) in [6, 6.07) is 11.8. The lowest BCUT2D eigenvalue weighted by Gasteiger charge is -2.15. The van der Waals surface area contributed by atoms with Gasteiger partial charge in [0.1, 0.15) is 11.4 Å². The van der Waals surface area contributed by atoms with Crippen LogP contribution < -0.4 is 10.1 Å². The van der Waals surface area contributed by atoms with Gasteiger partial charge in [0.2, 0.25) is 0 Å². The van der Waals surface area contributed by atoms with Crippen molar-refractivity contribution < 1.29 is 22.7 Å². The number of hydrogen-bond donors (Lipinski definition) is 1. The molecule has 1 amide bonds. The van der Waals surface area contributed by atoms with Gasteiger partial charge in [-0.05, 0) is 36.6 Å². The highest BCUT2D eigenvalue weighted by molar-refractivity contribution is 6.11. The molecule has 1 N–H and O–H groups in total. The highest BCUT2D eigenvalue weighted by Crippen LogP contribution is 2.35.